The first-order valence-electron chi connectivity index (χ1n) is 12.5. The zero-order valence-electron chi connectivity index (χ0n) is 21.1. The second-order valence-corrected chi connectivity index (χ2v) is 11.3. The van der Waals surface area contributed by atoms with E-state index < -0.39 is 10.0 Å². The molecule has 0 saturated carbocycles. The van der Waals surface area contributed by atoms with Crippen molar-refractivity contribution in [1.82, 2.24) is 9.80 Å². The van der Waals surface area contributed by atoms with E-state index >= 15 is 0 Å². The third-order valence-corrected chi connectivity index (χ3v) is 7.90. The fourth-order valence-corrected chi connectivity index (χ4v) is 5.87. The number of carbonyl (C=O) groups excluding carboxylic acids is 1. The smallest absolute Gasteiger partial charge is 0.232 e. The average Bonchev–Trinajstić information content (AvgIpc) is 2.87. The summed E-state index contributed by atoms with van der Waals surface area (Å²) < 4.78 is 26.2. The van der Waals surface area contributed by atoms with Gasteiger partial charge in [0.2, 0.25) is 15.9 Å². The third kappa shape index (κ3) is 6.53. The molecule has 3 aromatic carbocycles. The van der Waals surface area contributed by atoms with Crippen LogP contribution >= 0.6 is 0 Å². The van der Waals surface area contributed by atoms with Crippen molar-refractivity contribution in [2.75, 3.05) is 43.3 Å². The van der Waals surface area contributed by atoms with Crippen LogP contribution in [0.3, 0.4) is 0 Å². The lowest BCUT2D eigenvalue weighted by molar-refractivity contribution is -0.133. The highest BCUT2D eigenvalue weighted by atomic mass is 32.2. The molecule has 0 bridgehead atoms. The fraction of sp³-hybridized carbons (Fsp3) is 0.345. The summed E-state index contributed by atoms with van der Waals surface area (Å²) in [6.45, 7) is 5.15. The van der Waals surface area contributed by atoms with Crippen molar-refractivity contribution in [3.8, 4) is 0 Å². The number of aryl methyl sites for hydroxylation is 1. The van der Waals surface area contributed by atoms with Crippen LogP contribution in [0.15, 0.2) is 84.9 Å². The standard InChI is InChI=1S/C29H35N3O3S/c1-24-11-9-16-27(23-24)32(36(2,34)35)18-10-17-28(33)30-19-21-31(22-20-30)29(25-12-5-3-6-13-25)26-14-7-4-8-15-26/h3-9,11-16,23,29H,10,17-22H2,1-2H3. The summed E-state index contributed by atoms with van der Waals surface area (Å²) in [5.41, 5.74) is 4.15. The van der Waals surface area contributed by atoms with Gasteiger partial charge in [-0.15, -0.1) is 0 Å². The lowest BCUT2D eigenvalue weighted by Crippen LogP contribution is -2.50. The van der Waals surface area contributed by atoms with E-state index in [0.29, 0.717) is 31.6 Å². The highest BCUT2D eigenvalue weighted by Gasteiger charge is 2.28. The van der Waals surface area contributed by atoms with Crippen molar-refractivity contribution >= 4 is 21.6 Å². The molecule has 0 aromatic heterocycles. The number of amides is 1. The molecule has 4 rings (SSSR count). The molecular weight excluding hydrogens is 470 g/mol. The van der Waals surface area contributed by atoms with E-state index in [4.69, 9.17) is 0 Å². The number of anilines is 1. The number of rotatable bonds is 9. The topological polar surface area (TPSA) is 60.9 Å². The monoisotopic (exact) mass is 505 g/mol. The van der Waals surface area contributed by atoms with Gasteiger partial charge in [-0.05, 0) is 42.2 Å². The first-order chi connectivity index (χ1) is 17.3. The van der Waals surface area contributed by atoms with Crippen LogP contribution in [0.5, 0.6) is 0 Å². The Morgan fingerprint density at radius 2 is 1.44 bits per heavy atom. The molecule has 7 heteroatoms. The Hall–Kier alpha value is -3.16. The predicted molar refractivity (Wildman–Crippen MR) is 145 cm³/mol. The van der Waals surface area contributed by atoms with Crippen LogP contribution in [-0.4, -0.2) is 63.1 Å². The van der Waals surface area contributed by atoms with Gasteiger partial charge in [0.1, 0.15) is 0 Å². The van der Waals surface area contributed by atoms with Crippen LogP contribution in [0.25, 0.3) is 0 Å². The molecule has 3 aromatic rings. The highest BCUT2D eigenvalue weighted by molar-refractivity contribution is 7.92. The van der Waals surface area contributed by atoms with Crippen molar-refractivity contribution in [1.29, 1.82) is 0 Å². The summed E-state index contributed by atoms with van der Waals surface area (Å²) in [5, 5.41) is 0. The number of piperazine rings is 1. The first kappa shape index (κ1) is 25.9. The number of hydrogen-bond donors (Lipinski definition) is 0. The molecule has 1 fully saturated rings. The van der Waals surface area contributed by atoms with Gasteiger partial charge in [-0.1, -0.05) is 72.8 Å². The minimum absolute atomic E-state index is 0.0864. The van der Waals surface area contributed by atoms with E-state index in [-0.39, 0.29) is 18.5 Å². The van der Waals surface area contributed by atoms with Gasteiger partial charge in [0.25, 0.3) is 0 Å². The van der Waals surface area contributed by atoms with Crippen LogP contribution in [-0.2, 0) is 14.8 Å². The van der Waals surface area contributed by atoms with Crippen LogP contribution in [0.4, 0.5) is 5.69 Å². The zero-order valence-corrected chi connectivity index (χ0v) is 21.9. The molecule has 1 aliphatic rings. The molecule has 0 spiro atoms. The van der Waals surface area contributed by atoms with Crippen molar-refractivity contribution in [3.63, 3.8) is 0 Å². The summed E-state index contributed by atoms with van der Waals surface area (Å²) in [6.07, 6.45) is 2.03. The third-order valence-electron chi connectivity index (χ3n) is 6.70. The Bertz CT molecular complexity index is 1200. The number of carbonyl (C=O) groups is 1. The molecule has 0 aliphatic carbocycles. The van der Waals surface area contributed by atoms with E-state index in [2.05, 4.69) is 53.4 Å². The lowest BCUT2D eigenvalue weighted by atomic mass is 9.96. The average molecular weight is 506 g/mol. The molecule has 0 N–H and O–H groups in total. The summed E-state index contributed by atoms with van der Waals surface area (Å²) >= 11 is 0. The maximum Gasteiger partial charge on any atom is 0.232 e. The van der Waals surface area contributed by atoms with E-state index in [1.807, 2.05) is 42.2 Å². The molecule has 1 aliphatic heterocycles. The minimum Gasteiger partial charge on any atom is -0.340 e. The molecule has 36 heavy (non-hydrogen) atoms. The molecular formula is C29H35N3O3S. The Kier molecular flexibility index (Phi) is 8.44. The molecule has 1 amide bonds. The minimum atomic E-state index is -3.43. The Labute approximate surface area is 215 Å². The summed E-state index contributed by atoms with van der Waals surface area (Å²) in [5.74, 6) is 0.0864. The largest absolute Gasteiger partial charge is 0.340 e. The van der Waals surface area contributed by atoms with Gasteiger partial charge in [-0.3, -0.25) is 14.0 Å². The van der Waals surface area contributed by atoms with Crippen LogP contribution in [0.2, 0.25) is 0 Å². The lowest BCUT2D eigenvalue weighted by Gasteiger charge is -2.40. The van der Waals surface area contributed by atoms with Gasteiger partial charge in [0.05, 0.1) is 18.0 Å². The summed E-state index contributed by atoms with van der Waals surface area (Å²) in [6, 6.07) is 28.6. The molecule has 0 atom stereocenters. The van der Waals surface area contributed by atoms with Gasteiger partial charge in [-0.2, -0.15) is 0 Å². The quantitative estimate of drug-likeness (QED) is 0.430. The number of hydrogen-bond acceptors (Lipinski definition) is 4. The van der Waals surface area contributed by atoms with Crippen LogP contribution in [0.1, 0.15) is 35.6 Å². The Morgan fingerprint density at radius 1 is 0.861 bits per heavy atom. The highest BCUT2D eigenvalue weighted by Crippen LogP contribution is 2.29. The first-order valence-corrected chi connectivity index (χ1v) is 14.3. The van der Waals surface area contributed by atoms with E-state index in [1.54, 1.807) is 6.07 Å². The Morgan fingerprint density at radius 3 is 1.97 bits per heavy atom. The van der Waals surface area contributed by atoms with Crippen LogP contribution < -0.4 is 4.31 Å². The maximum atomic E-state index is 13.0. The predicted octanol–water partition coefficient (Wildman–Crippen LogP) is 4.48. The zero-order chi connectivity index (χ0) is 25.5. The van der Waals surface area contributed by atoms with Crippen molar-refractivity contribution in [3.05, 3.63) is 102 Å². The summed E-state index contributed by atoms with van der Waals surface area (Å²) in [7, 11) is -3.43. The maximum absolute atomic E-state index is 13.0. The Balaban J connectivity index is 1.35. The molecule has 6 nitrogen and oxygen atoms in total. The second-order valence-electron chi connectivity index (χ2n) is 9.42. The van der Waals surface area contributed by atoms with Gasteiger partial charge >= 0.3 is 0 Å². The molecule has 0 radical (unpaired) electrons. The number of nitrogens with zero attached hydrogens (tertiary/aromatic N) is 3. The van der Waals surface area contributed by atoms with Crippen molar-refractivity contribution in [2.24, 2.45) is 0 Å². The molecule has 1 heterocycles. The fourth-order valence-electron chi connectivity index (χ4n) is 4.92. The normalized spacial score (nSPS) is 14.7. The van der Waals surface area contributed by atoms with Crippen molar-refractivity contribution in [2.45, 2.75) is 25.8 Å². The van der Waals surface area contributed by atoms with Crippen LogP contribution in [0, 0.1) is 6.92 Å². The van der Waals surface area contributed by atoms with E-state index in [9.17, 15) is 13.2 Å². The van der Waals surface area contributed by atoms with Gasteiger partial charge in [0.15, 0.2) is 0 Å². The van der Waals surface area contributed by atoms with Crippen molar-refractivity contribution < 1.29 is 13.2 Å². The number of sulfonamides is 1. The van der Waals surface area contributed by atoms with E-state index in [0.717, 1.165) is 18.7 Å². The molecule has 190 valence electrons. The van der Waals surface area contributed by atoms with Gasteiger partial charge in [-0.25, -0.2) is 8.42 Å². The van der Waals surface area contributed by atoms with E-state index in [1.165, 1.54) is 21.7 Å². The van der Waals surface area contributed by atoms with Gasteiger partial charge in [0, 0.05) is 39.1 Å². The SMILES string of the molecule is Cc1cccc(N(CCCC(=O)N2CCN(C(c3ccccc3)c3ccccc3)CC2)S(C)(=O)=O)c1. The van der Waals surface area contributed by atoms with Gasteiger partial charge < -0.3 is 4.90 Å². The number of benzene rings is 3. The molecule has 1 saturated heterocycles. The molecule has 0 unspecified atom stereocenters. The summed E-state index contributed by atoms with van der Waals surface area (Å²) in [4.78, 5) is 17.3. The second kappa shape index (κ2) is 11.7.